The van der Waals surface area contributed by atoms with Gasteiger partial charge in [0.05, 0.1) is 12.6 Å². The van der Waals surface area contributed by atoms with Gasteiger partial charge in [0.15, 0.2) is 13.1 Å². The van der Waals surface area contributed by atoms with Gasteiger partial charge in [0.2, 0.25) is 0 Å². The van der Waals surface area contributed by atoms with Gasteiger partial charge in [-0.1, -0.05) is 18.2 Å². The number of anilines is 2. The lowest BCUT2D eigenvalue weighted by Gasteiger charge is -2.15. The third-order valence-corrected chi connectivity index (χ3v) is 6.41. The average Bonchev–Trinajstić information content (AvgIpc) is 3.01. The van der Waals surface area contributed by atoms with E-state index in [-0.39, 0.29) is 24.9 Å². The number of amides is 2. The van der Waals surface area contributed by atoms with Gasteiger partial charge >= 0.3 is 0 Å². The predicted octanol–water partition coefficient (Wildman–Crippen LogP) is 2.21. The van der Waals surface area contributed by atoms with Gasteiger partial charge in [-0.05, 0) is 56.2 Å². The molecule has 1 aliphatic carbocycles. The minimum atomic E-state index is -0.183. The summed E-state index contributed by atoms with van der Waals surface area (Å²) in [6.45, 7) is 4.26. The summed E-state index contributed by atoms with van der Waals surface area (Å²) in [6.07, 6.45) is 4.12. The lowest BCUT2D eigenvalue weighted by molar-refractivity contribution is -0.862. The molecule has 6 nitrogen and oxygen atoms in total. The van der Waals surface area contributed by atoms with Gasteiger partial charge in [-0.3, -0.25) is 9.59 Å². The fourth-order valence-corrected chi connectivity index (χ4v) is 5.00. The summed E-state index contributed by atoms with van der Waals surface area (Å²) in [6, 6.07) is 8.13. The Labute approximate surface area is 175 Å². The van der Waals surface area contributed by atoms with E-state index < -0.39 is 0 Å². The van der Waals surface area contributed by atoms with Crippen molar-refractivity contribution < 1.29 is 14.5 Å². The average molecular weight is 412 g/mol. The lowest BCUT2D eigenvalue weighted by Crippen LogP contribution is -3.11. The number of likely N-dealkylation sites (N-methyl/N-ethyl adjacent to an activating group) is 1. The number of nitrogens with one attached hydrogen (secondary N) is 3. The molecule has 0 aliphatic heterocycles. The number of rotatable bonds is 6. The Hall–Kier alpha value is -2.69. The summed E-state index contributed by atoms with van der Waals surface area (Å²) in [5.74, 6) is -0.311. The smallest absolute Gasteiger partial charge is 0.280 e. The van der Waals surface area contributed by atoms with Gasteiger partial charge in [-0.2, -0.15) is 5.26 Å². The fraction of sp³-hybridized carbons (Fsp3) is 0.409. The molecule has 0 bridgehead atoms. The molecular formula is C22H27N4O2S+. The maximum atomic E-state index is 12.5. The van der Waals surface area contributed by atoms with Crippen LogP contribution in [0.25, 0.3) is 0 Å². The normalized spacial score (nSPS) is 13.9. The zero-order valence-corrected chi connectivity index (χ0v) is 18.0. The number of quaternary nitrogens is 1. The molecule has 0 spiro atoms. The predicted molar refractivity (Wildman–Crippen MR) is 115 cm³/mol. The van der Waals surface area contributed by atoms with Gasteiger partial charge in [-0.15, -0.1) is 11.3 Å². The zero-order chi connectivity index (χ0) is 21.0. The van der Waals surface area contributed by atoms with E-state index in [1.54, 1.807) is 0 Å². The van der Waals surface area contributed by atoms with Crippen LogP contribution in [0.3, 0.4) is 0 Å². The van der Waals surface area contributed by atoms with Crippen molar-refractivity contribution in [2.24, 2.45) is 0 Å². The molecule has 3 rings (SSSR count). The SMILES string of the molecule is Cc1cccc(C)c1NC(=O)C[NH+](C)CC(=O)Nc1sc2c(c1C#N)CCCC2. The molecule has 1 unspecified atom stereocenters. The number of thiophene rings is 1. The number of carbonyl (C=O) groups excluding carboxylic acids is 2. The molecule has 29 heavy (non-hydrogen) atoms. The highest BCUT2D eigenvalue weighted by Crippen LogP contribution is 2.37. The third kappa shape index (κ3) is 5.03. The van der Waals surface area contributed by atoms with Crippen molar-refractivity contribution in [1.29, 1.82) is 5.26 Å². The van der Waals surface area contributed by atoms with Crippen LogP contribution in [0.1, 0.15) is 40.0 Å². The van der Waals surface area contributed by atoms with Crippen LogP contribution in [-0.4, -0.2) is 32.0 Å². The first-order valence-corrected chi connectivity index (χ1v) is 10.7. The van der Waals surface area contributed by atoms with E-state index in [0.717, 1.165) is 53.0 Å². The molecule has 0 fully saturated rings. The summed E-state index contributed by atoms with van der Waals surface area (Å²) in [5.41, 5.74) is 4.58. The van der Waals surface area contributed by atoms with Crippen LogP contribution in [0.4, 0.5) is 10.7 Å². The summed E-state index contributed by atoms with van der Waals surface area (Å²) in [7, 11) is 1.81. The number of nitrogens with zero attached hydrogens (tertiary/aromatic N) is 1. The zero-order valence-electron chi connectivity index (χ0n) is 17.1. The molecule has 0 radical (unpaired) electrons. The number of nitriles is 1. The fourth-order valence-electron chi connectivity index (χ4n) is 3.75. The van der Waals surface area contributed by atoms with E-state index in [0.29, 0.717) is 10.6 Å². The molecule has 2 amide bonds. The van der Waals surface area contributed by atoms with Crippen molar-refractivity contribution in [3.05, 3.63) is 45.3 Å². The standard InChI is InChI=1S/C22H26N4O2S/c1-14-7-6-8-15(2)21(14)24-19(27)12-26(3)13-20(28)25-22-17(11-23)16-9-4-5-10-18(16)29-22/h6-8H,4-5,9-10,12-13H2,1-3H3,(H,24,27)(H,25,28)/p+1. The van der Waals surface area contributed by atoms with Crippen molar-refractivity contribution >= 4 is 33.8 Å². The van der Waals surface area contributed by atoms with E-state index >= 15 is 0 Å². The first-order chi connectivity index (χ1) is 13.9. The summed E-state index contributed by atoms with van der Waals surface area (Å²) < 4.78 is 0. The van der Waals surface area contributed by atoms with Crippen molar-refractivity contribution in [3.63, 3.8) is 0 Å². The monoisotopic (exact) mass is 411 g/mol. The van der Waals surface area contributed by atoms with Gasteiger partial charge in [0, 0.05) is 10.6 Å². The van der Waals surface area contributed by atoms with Gasteiger partial charge in [0.25, 0.3) is 11.8 Å². The highest BCUT2D eigenvalue weighted by molar-refractivity contribution is 7.16. The second kappa shape index (κ2) is 9.21. The largest absolute Gasteiger partial charge is 0.322 e. The third-order valence-electron chi connectivity index (χ3n) is 5.21. The highest BCUT2D eigenvalue weighted by Gasteiger charge is 2.23. The molecule has 2 aromatic rings. The molecule has 1 heterocycles. The number of hydrogen-bond acceptors (Lipinski definition) is 4. The van der Waals surface area contributed by atoms with Crippen LogP contribution >= 0.6 is 11.3 Å². The van der Waals surface area contributed by atoms with Crippen LogP contribution in [0, 0.1) is 25.2 Å². The van der Waals surface area contributed by atoms with Gasteiger partial charge in [-0.25, -0.2) is 0 Å². The van der Waals surface area contributed by atoms with Crippen LogP contribution in [0.2, 0.25) is 0 Å². The first-order valence-electron chi connectivity index (χ1n) is 9.91. The van der Waals surface area contributed by atoms with E-state index in [9.17, 15) is 14.9 Å². The Morgan fingerprint density at radius 1 is 1.10 bits per heavy atom. The summed E-state index contributed by atoms with van der Waals surface area (Å²) in [4.78, 5) is 26.9. The second-order valence-electron chi connectivity index (χ2n) is 7.70. The molecule has 7 heteroatoms. The van der Waals surface area contributed by atoms with Crippen LogP contribution in [0.5, 0.6) is 0 Å². The molecule has 3 N–H and O–H groups in total. The molecule has 152 valence electrons. The molecule has 1 atom stereocenters. The number of para-hydroxylation sites is 1. The maximum Gasteiger partial charge on any atom is 0.280 e. The Morgan fingerprint density at radius 2 is 1.72 bits per heavy atom. The Balaban J connectivity index is 1.56. The Kier molecular flexibility index (Phi) is 6.68. The van der Waals surface area contributed by atoms with E-state index in [1.807, 2.05) is 39.1 Å². The van der Waals surface area contributed by atoms with Crippen LogP contribution in [0.15, 0.2) is 18.2 Å². The highest BCUT2D eigenvalue weighted by atomic mass is 32.1. The van der Waals surface area contributed by atoms with E-state index in [4.69, 9.17) is 0 Å². The Morgan fingerprint density at radius 3 is 2.38 bits per heavy atom. The van der Waals surface area contributed by atoms with Gasteiger partial charge < -0.3 is 15.5 Å². The Bertz CT molecular complexity index is 954. The maximum absolute atomic E-state index is 12.5. The minimum absolute atomic E-state index is 0.128. The van der Waals surface area contributed by atoms with Gasteiger partial charge in [0.1, 0.15) is 11.1 Å². The molecule has 1 aliphatic rings. The number of fused-ring (bicyclic) bond motifs is 1. The topological polar surface area (TPSA) is 86.4 Å². The minimum Gasteiger partial charge on any atom is -0.322 e. The van der Waals surface area contributed by atoms with E-state index in [2.05, 4.69) is 16.7 Å². The number of benzene rings is 1. The van der Waals surface area contributed by atoms with Crippen molar-refractivity contribution in [1.82, 2.24) is 0 Å². The number of carbonyl (C=O) groups is 2. The molecule has 1 aromatic carbocycles. The van der Waals surface area contributed by atoms with Crippen molar-refractivity contribution in [2.45, 2.75) is 39.5 Å². The molecule has 0 saturated heterocycles. The second-order valence-corrected chi connectivity index (χ2v) is 8.81. The first kappa shape index (κ1) is 21.0. The van der Waals surface area contributed by atoms with E-state index in [1.165, 1.54) is 16.2 Å². The number of aryl methyl sites for hydroxylation is 3. The summed E-state index contributed by atoms with van der Waals surface area (Å²) in [5, 5.41) is 16.0. The summed E-state index contributed by atoms with van der Waals surface area (Å²) >= 11 is 1.52. The number of hydrogen-bond donors (Lipinski definition) is 3. The van der Waals surface area contributed by atoms with Crippen LogP contribution in [-0.2, 0) is 22.4 Å². The van der Waals surface area contributed by atoms with Crippen molar-refractivity contribution in [3.8, 4) is 6.07 Å². The van der Waals surface area contributed by atoms with Crippen molar-refractivity contribution in [2.75, 3.05) is 30.8 Å². The molecule has 1 aromatic heterocycles. The molecular weight excluding hydrogens is 384 g/mol. The van der Waals surface area contributed by atoms with Crippen LogP contribution < -0.4 is 15.5 Å². The molecule has 0 saturated carbocycles. The quantitative estimate of drug-likeness (QED) is 0.681. The lowest BCUT2D eigenvalue weighted by atomic mass is 9.96.